The van der Waals surface area contributed by atoms with Crippen molar-refractivity contribution in [2.24, 2.45) is 0 Å². The predicted molar refractivity (Wildman–Crippen MR) is 69.5 cm³/mol. The van der Waals surface area contributed by atoms with Crippen LogP contribution in [0.15, 0.2) is 30.3 Å². The van der Waals surface area contributed by atoms with Crippen LogP contribution in [0.2, 0.25) is 0 Å². The maximum absolute atomic E-state index is 12.4. The molecule has 0 spiro atoms. The van der Waals surface area contributed by atoms with Gasteiger partial charge in [-0.3, -0.25) is 4.74 Å². The van der Waals surface area contributed by atoms with Gasteiger partial charge in [-0.2, -0.15) is 0 Å². The minimum Gasteiger partial charge on any atom is -0.715 e. The maximum Gasteiger partial charge on any atom is 0.316 e. The molecule has 0 atom stereocenters. The van der Waals surface area contributed by atoms with Crippen LogP contribution < -0.4 is 0 Å². The fourth-order valence-electron chi connectivity index (χ4n) is 2.68. The molecule has 4 heteroatoms. The first-order valence-electron chi connectivity index (χ1n) is 6.13. The van der Waals surface area contributed by atoms with Gasteiger partial charge in [0.1, 0.15) is 11.1 Å². The zero-order valence-corrected chi connectivity index (χ0v) is 11.3. The van der Waals surface area contributed by atoms with Gasteiger partial charge in [-0.1, -0.05) is 23.3 Å². The van der Waals surface area contributed by atoms with E-state index in [4.69, 9.17) is 0 Å². The van der Waals surface area contributed by atoms with Crippen LogP contribution in [0.1, 0.15) is 39.7 Å². The average Bonchev–Trinajstić information content (AvgIpc) is 2.27. The van der Waals surface area contributed by atoms with Crippen LogP contribution in [0.4, 0.5) is 0 Å². The van der Waals surface area contributed by atoms with E-state index in [1.807, 2.05) is 45.9 Å². The molecule has 1 radical (unpaired) electrons. The lowest BCUT2D eigenvalue weighted by molar-refractivity contribution is -0.566. The molecule has 97 valence electrons. The van der Waals surface area contributed by atoms with Crippen LogP contribution in [-0.2, 0) is 5.21 Å². The second-order valence-corrected chi connectivity index (χ2v) is 6.08. The van der Waals surface area contributed by atoms with Crippen molar-refractivity contribution in [3.05, 3.63) is 41.1 Å². The largest absolute Gasteiger partial charge is 0.715 e. The van der Waals surface area contributed by atoms with Crippen molar-refractivity contribution in [2.45, 2.75) is 45.2 Å². The topological polar surface area (TPSA) is 49.2 Å². The van der Waals surface area contributed by atoms with Crippen molar-refractivity contribution in [2.75, 3.05) is 0 Å². The third-order valence-electron chi connectivity index (χ3n) is 3.38. The lowest BCUT2D eigenvalue weighted by atomic mass is 9.84. The standard InChI is InChI=1S/C14H19N2O2/c1-13(2)10-14(3,4)16(18)12(15(13)17)11-8-6-5-7-9-11/h5-9H,10H2,1-4H3. The summed E-state index contributed by atoms with van der Waals surface area (Å²) in [6.07, 6.45) is 0.531. The summed E-state index contributed by atoms with van der Waals surface area (Å²) in [5.74, 6) is 0.205. The molecule has 0 saturated heterocycles. The van der Waals surface area contributed by atoms with E-state index in [1.165, 1.54) is 0 Å². The Balaban J connectivity index is 2.61. The molecule has 0 N–H and O–H groups in total. The van der Waals surface area contributed by atoms with Crippen molar-refractivity contribution in [3.63, 3.8) is 0 Å². The Morgan fingerprint density at radius 1 is 1.17 bits per heavy atom. The van der Waals surface area contributed by atoms with Crippen molar-refractivity contribution in [1.29, 1.82) is 0 Å². The first kappa shape index (κ1) is 12.9. The molecule has 0 bridgehead atoms. The lowest BCUT2D eigenvalue weighted by Crippen LogP contribution is -2.59. The normalized spacial score (nSPS) is 22.2. The van der Waals surface area contributed by atoms with Gasteiger partial charge in [0.05, 0.1) is 5.56 Å². The summed E-state index contributed by atoms with van der Waals surface area (Å²) < 4.78 is 0.848. The molecule has 1 aromatic rings. The molecule has 1 aromatic carbocycles. The molecule has 0 amide bonds. The summed E-state index contributed by atoms with van der Waals surface area (Å²) in [6.45, 7) is 7.49. The third-order valence-corrected chi connectivity index (χ3v) is 3.38. The maximum atomic E-state index is 12.4. The van der Waals surface area contributed by atoms with Gasteiger partial charge in [0.25, 0.3) is 0 Å². The van der Waals surface area contributed by atoms with E-state index in [-0.39, 0.29) is 5.84 Å². The Hall–Kier alpha value is -1.55. The van der Waals surface area contributed by atoms with Gasteiger partial charge < -0.3 is 5.21 Å². The van der Waals surface area contributed by atoms with Gasteiger partial charge in [-0.15, -0.1) is 0 Å². The molecule has 0 aromatic heterocycles. The first-order chi connectivity index (χ1) is 8.26. The van der Waals surface area contributed by atoms with Crippen LogP contribution in [0.5, 0.6) is 0 Å². The molecule has 1 aliphatic rings. The number of nitrogens with zero attached hydrogens (tertiary/aromatic N) is 2. The molecular formula is C14H19N2O2. The fraction of sp³-hybridized carbons (Fsp3) is 0.500. The van der Waals surface area contributed by atoms with Gasteiger partial charge in [0.15, 0.2) is 0 Å². The van der Waals surface area contributed by atoms with Crippen LogP contribution in [-0.4, -0.2) is 26.7 Å². The summed E-state index contributed by atoms with van der Waals surface area (Å²) in [4.78, 5) is 0. The molecule has 18 heavy (non-hydrogen) atoms. The average molecular weight is 247 g/mol. The number of amidine groups is 1. The van der Waals surface area contributed by atoms with E-state index >= 15 is 0 Å². The Labute approximate surface area is 108 Å². The van der Waals surface area contributed by atoms with Crippen molar-refractivity contribution in [1.82, 2.24) is 5.06 Å². The summed E-state index contributed by atoms with van der Waals surface area (Å²) in [6, 6.07) is 9.12. The highest BCUT2D eigenvalue weighted by molar-refractivity contribution is 5.95. The summed E-state index contributed by atoms with van der Waals surface area (Å²) in [5, 5.41) is 25.6. The summed E-state index contributed by atoms with van der Waals surface area (Å²) in [5.41, 5.74) is -0.478. The second kappa shape index (κ2) is 3.99. The number of rotatable bonds is 1. The Morgan fingerprint density at radius 3 is 2.28 bits per heavy atom. The molecular weight excluding hydrogens is 228 g/mol. The van der Waals surface area contributed by atoms with Crippen molar-refractivity contribution in [3.8, 4) is 0 Å². The number of hydrogen-bond acceptors (Lipinski definition) is 2. The van der Waals surface area contributed by atoms with Crippen LogP contribution in [0.3, 0.4) is 0 Å². The predicted octanol–water partition coefficient (Wildman–Crippen LogP) is 2.55. The van der Waals surface area contributed by atoms with Crippen molar-refractivity contribution < 1.29 is 9.95 Å². The Bertz CT molecular complexity index is 478. The van der Waals surface area contributed by atoms with Crippen LogP contribution in [0.25, 0.3) is 0 Å². The zero-order chi connectivity index (χ0) is 13.6. The fourth-order valence-corrected chi connectivity index (χ4v) is 2.68. The van der Waals surface area contributed by atoms with E-state index in [0.29, 0.717) is 12.0 Å². The molecule has 1 aliphatic heterocycles. The number of benzene rings is 1. The highest BCUT2D eigenvalue weighted by atomic mass is 16.5. The molecule has 2 rings (SSSR count). The van der Waals surface area contributed by atoms with Gasteiger partial charge in [0, 0.05) is 11.6 Å². The first-order valence-corrected chi connectivity index (χ1v) is 6.13. The van der Waals surface area contributed by atoms with Gasteiger partial charge in [0.2, 0.25) is 0 Å². The van der Waals surface area contributed by atoms with E-state index < -0.39 is 11.1 Å². The second-order valence-electron chi connectivity index (χ2n) is 6.08. The van der Waals surface area contributed by atoms with E-state index in [0.717, 1.165) is 9.80 Å². The minimum atomic E-state index is -0.574. The van der Waals surface area contributed by atoms with Crippen LogP contribution >= 0.6 is 0 Å². The van der Waals surface area contributed by atoms with E-state index in [9.17, 15) is 10.4 Å². The van der Waals surface area contributed by atoms with Gasteiger partial charge in [-0.25, -0.2) is 0 Å². The molecule has 0 fully saturated rings. The van der Waals surface area contributed by atoms with Crippen molar-refractivity contribution >= 4 is 5.84 Å². The smallest absolute Gasteiger partial charge is 0.316 e. The SMILES string of the molecule is CC1(C)CC(C)(C)[N+]([O-])=C(c2ccccc2)N1[O]. The minimum absolute atomic E-state index is 0.205. The van der Waals surface area contributed by atoms with Crippen LogP contribution in [0, 0.1) is 5.21 Å². The molecule has 0 saturated carbocycles. The lowest BCUT2D eigenvalue weighted by Gasteiger charge is -2.43. The Kier molecular flexibility index (Phi) is 2.86. The number of hydrogen-bond donors (Lipinski definition) is 0. The van der Waals surface area contributed by atoms with Gasteiger partial charge >= 0.3 is 5.84 Å². The monoisotopic (exact) mass is 247 g/mol. The third kappa shape index (κ3) is 1.97. The summed E-state index contributed by atoms with van der Waals surface area (Å²) in [7, 11) is 0. The van der Waals surface area contributed by atoms with E-state index in [2.05, 4.69) is 0 Å². The Morgan fingerprint density at radius 2 is 1.72 bits per heavy atom. The molecule has 1 heterocycles. The highest BCUT2D eigenvalue weighted by Crippen LogP contribution is 2.33. The summed E-state index contributed by atoms with van der Waals surface area (Å²) >= 11 is 0. The zero-order valence-electron chi connectivity index (χ0n) is 11.3. The highest BCUT2D eigenvalue weighted by Gasteiger charge is 2.50. The molecule has 0 aliphatic carbocycles. The molecule has 4 nitrogen and oxygen atoms in total. The molecule has 0 unspecified atom stereocenters. The number of hydroxylamine groups is 3. The van der Waals surface area contributed by atoms with E-state index in [1.54, 1.807) is 12.1 Å². The van der Waals surface area contributed by atoms with Gasteiger partial charge in [-0.05, 0) is 39.8 Å². The quantitative estimate of drug-likeness (QED) is 0.565.